The molecule has 0 amide bonds. The molecule has 0 unspecified atom stereocenters. The molecule has 0 aromatic carbocycles. The van der Waals surface area contributed by atoms with Crippen molar-refractivity contribution >= 4 is 0 Å². The Morgan fingerprint density at radius 2 is 1.91 bits per heavy atom. The molecule has 2 aliphatic rings. The van der Waals surface area contributed by atoms with E-state index in [1.54, 1.807) is 0 Å². The van der Waals surface area contributed by atoms with E-state index in [2.05, 4.69) is 6.92 Å². The highest BCUT2D eigenvalue weighted by Gasteiger charge is 2.41. The van der Waals surface area contributed by atoms with Crippen LogP contribution in [0.3, 0.4) is 0 Å². The third kappa shape index (κ3) is 1.20. The maximum Gasteiger partial charge on any atom is 0.0708 e. The summed E-state index contributed by atoms with van der Waals surface area (Å²) in [6.45, 7) is 3.37. The Labute approximate surface area is 69.1 Å². The van der Waals surface area contributed by atoms with Gasteiger partial charge in [-0.25, -0.2) is 0 Å². The zero-order valence-electron chi connectivity index (χ0n) is 7.44. The smallest absolute Gasteiger partial charge is 0.0708 e. The van der Waals surface area contributed by atoms with Gasteiger partial charge in [0.15, 0.2) is 0 Å². The second kappa shape index (κ2) is 2.78. The van der Waals surface area contributed by atoms with Gasteiger partial charge in [-0.05, 0) is 25.2 Å². The molecule has 0 radical (unpaired) electrons. The van der Waals surface area contributed by atoms with Crippen molar-refractivity contribution in [2.75, 3.05) is 6.61 Å². The van der Waals surface area contributed by atoms with Gasteiger partial charge in [0.1, 0.15) is 0 Å². The fourth-order valence-corrected chi connectivity index (χ4v) is 2.63. The first-order valence-electron chi connectivity index (χ1n) is 4.97. The van der Waals surface area contributed by atoms with Crippen molar-refractivity contribution in [2.24, 2.45) is 5.92 Å². The highest BCUT2D eigenvalue weighted by Crippen LogP contribution is 2.42. The molecular weight excluding hydrogens is 136 g/mol. The lowest BCUT2D eigenvalue weighted by molar-refractivity contribution is -0.0458. The highest BCUT2D eigenvalue weighted by atomic mass is 16.5. The minimum Gasteiger partial charge on any atom is -0.375 e. The van der Waals surface area contributed by atoms with E-state index in [1.165, 1.54) is 38.5 Å². The molecule has 64 valence electrons. The van der Waals surface area contributed by atoms with Crippen molar-refractivity contribution in [2.45, 2.75) is 51.0 Å². The third-order valence-electron chi connectivity index (χ3n) is 3.54. The Morgan fingerprint density at radius 1 is 1.18 bits per heavy atom. The van der Waals surface area contributed by atoms with Crippen molar-refractivity contribution in [1.82, 2.24) is 0 Å². The molecule has 0 aromatic heterocycles. The summed E-state index contributed by atoms with van der Waals surface area (Å²) >= 11 is 0. The second-order valence-corrected chi connectivity index (χ2v) is 4.16. The maximum atomic E-state index is 5.89. The SMILES string of the molecule is C[C@H]1CCOC12CCCCC2. The lowest BCUT2D eigenvalue weighted by Crippen LogP contribution is -2.36. The van der Waals surface area contributed by atoms with Crippen LogP contribution in [0.4, 0.5) is 0 Å². The van der Waals surface area contributed by atoms with Gasteiger partial charge in [-0.15, -0.1) is 0 Å². The summed E-state index contributed by atoms with van der Waals surface area (Å²) in [5, 5.41) is 0. The van der Waals surface area contributed by atoms with Crippen LogP contribution >= 0.6 is 0 Å². The highest BCUT2D eigenvalue weighted by molar-refractivity contribution is 4.92. The van der Waals surface area contributed by atoms with E-state index in [-0.39, 0.29) is 0 Å². The standard InChI is InChI=1S/C10H18O/c1-9-5-8-11-10(9)6-3-2-4-7-10/h9H,2-8H2,1H3/t9-/m0/s1. The minimum absolute atomic E-state index is 0.332. The third-order valence-corrected chi connectivity index (χ3v) is 3.54. The molecule has 0 aromatic rings. The van der Waals surface area contributed by atoms with Crippen molar-refractivity contribution in [1.29, 1.82) is 0 Å². The number of rotatable bonds is 0. The van der Waals surface area contributed by atoms with Gasteiger partial charge in [0.2, 0.25) is 0 Å². The molecule has 0 N–H and O–H groups in total. The quantitative estimate of drug-likeness (QED) is 0.521. The number of hydrogen-bond acceptors (Lipinski definition) is 1. The predicted octanol–water partition coefficient (Wildman–Crippen LogP) is 2.75. The average molecular weight is 154 g/mol. The van der Waals surface area contributed by atoms with Crippen molar-refractivity contribution in [3.63, 3.8) is 0 Å². The van der Waals surface area contributed by atoms with Gasteiger partial charge in [-0.1, -0.05) is 26.2 Å². The van der Waals surface area contributed by atoms with Gasteiger partial charge in [0.05, 0.1) is 5.60 Å². The van der Waals surface area contributed by atoms with Crippen LogP contribution in [0.5, 0.6) is 0 Å². The van der Waals surface area contributed by atoms with Gasteiger partial charge < -0.3 is 4.74 Å². The normalized spacial score (nSPS) is 36.3. The van der Waals surface area contributed by atoms with Gasteiger partial charge in [0, 0.05) is 6.61 Å². The molecule has 1 saturated carbocycles. The molecule has 2 fully saturated rings. The molecule has 1 saturated heterocycles. The van der Waals surface area contributed by atoms with Crippen LogP contribution in [0.25, 0.3) is 0 Å². The van der Waals surface area contributed by atoms with Crippen LogP contribution in [0.2, 0.25) is 0 Å². The first-order chi connectivity index (χ1) is 5.33. The summed E-state index contributed by atoms with van der Waals surface area (Å²) in [5.41, 5.74) is 0.332. The van der Waals surface area contributed by atoms with Gasteiger partial charge >= 0.3 is 0 Å². The van der Waals surface area contributed by atoms with E-state index < -0.39 is 0 Å². The molecular formula is C10H18O. The fraction of sp³-hybridized carbons (Fsp3) is 1.00. The van der Waals surface area contributed by atoms with Gasteiger partial charge in [0.25, 0.3) is 0 Å². The summed E-state index contributed by atoms with van der Waals surface area (Å²) in [5.74, 6) is 0.822. The zero-order valence-corrected chi connectivity index (χ0v) is 7.44. The summed E-state index contributed by atoms with van der Waals surface area (Å²) < 4.78 is 5.89. The van der Waals surface area contributed by atoms with E-state index in [1.807, 2.05) is 0 Å². The molecule has 0 bridgehead atoms. The minimum atomic E-state index is 0.332. The zero-order chi connectivity index (χ0) is 7.73. The fourth-order valence-electron chi connectivity index (χ4n) is 2.63. The van der Waals surface area contributed by atoms with Crippen LogP contribution in [-0.4, -0.2) is 12.2 Å². The summed E-state index contributed by atoms with van der Waals surface area (Å²) in [6, 6.07) is 0. The summed E-state index contributed by atoms with van der Waals surface area (Å²) in [4.78, 5) is 0. The summed E-state index contributed by atoms with van der Waals surface area (Å²) in [6.07, 6.45) is 8.16. The predicted molar refractivity (Wildman–Crippen MR) is 45.5 cm³/mol. The van der Waals surface area contributed by atoms with E-state index in [9.17, 15) is 0 Å². The van der Waals surface area contributed by atoms with E-state index in [4.69, 9.17) is 4.74 Å². The van der Waals surface area contributed by atoms with Crippen molar-refractivity contribution < 1.29 is 4.74 Å². The Kier molecular flexibility index (Phi) is 1.92. The van der Waals surface area contributed by atoms with E-state index >= 15 is 0 Å². The lowest BCUT2D eigenvalue weighted by atomic mass is 9.77. The van der Waals surface area contributed by atoms with Gasteiger partial charge in [-0.3, -0.25) is 0 Å². The molecule has 1 atom stereocenters. The van der Waals surface area contributed by atoms with Crippen LogP contribution in [0.15, 0.2) is 0 Å². The van der Waals surface area contributed by atoms with Crippen LogP contribution in [0, 0.1) is 5.92 Å². The van der Waals surface area contributed by atoms with Crippen LogP contribution < -0.4 is 0 Å². The first-order valence-corrected chi connectivity index (χ1v) is 4.97. The lowest BCUT2D eigenvalue weighted by Gasteiger charge is -2.36. The molecule has 1 heterocycles. The Balaban J connectivity index is 2.06. The molecule has 11 heavy (non-hydrogen) atoms. The van der Waals surface area contributed by atoms with Crippen LogP contribution in [0.1, 0.15) is 45.4 Å². The molecule has 1 heteroatoms. The number of hydrogen-bond donors (Lipinski definition) is 0. The first kappa shape index (κ1) is 7.60. The Bertz CT molecular complexity index is 136. The van der Waals surface area contributed by atoms with Gasteiger partial charge in [-0.2, -0.15) is 0 Å². The largest absolute Gasteiger partial charge is 0.375 e. The Morgan fingerprint density at radius 3 is 2.45 bits per heavy atom. The topological polar surface area (TPSA) is 9.23 Å². The Hall–Kier alpha value is -0.0400. The second-order valence-electron chi connectivity index (χ2n) is 4.16. The maximum absolute atomic E-state index is 5.89. The molecule has 2 rings (SSSR count). The van der Waals surface area contributed by atoms with E-state index in [0.29, 0.717) is 5.60 Å². The average Bonchev–Trinajstić information content (AvgIpc) is 2.36. The monoisotopic (exact) mass is 154 g/mol. The van der Waals surface area contributed by atoms with Crippen molar-refractivity contribution in [3.05, 3.63) is 0 Å². The van der Waals surface area contributed by atoms with Crippen molar-refractivity contribution in [3.8, 4) is 0 Å². The molecule has 1 nitrogen and oxygen atoms in total. The van der Waals surface area contributed by atoms with E-state index in [0.717, 1.165) is 12.5 Å². The molecule has 1 spiro atoms. The number of ether oxygens (including phenoxy) is 1. The van der Waals surface area contributed by atoms with Crippen LogP contribution in [-0.2, 0) is 4.74 Å². The molecule has 1 aliphatic heterocycles. The molecule has 1 aliphatic carbocycles. The summed E-state index contributed by atoms with van der Waals surface area (Å²) in [7, 11) is 0.